The van der Waals surface area contributed by atoms with Crippen LogP contribution in [0.5, 0.6) is 0 Å². The van der Waals surface area contributed by atoms with Crippen LogP contribution in [0.25, 0.3) is 0 Å². The van der Waals surface area contributed by atoms with E-state index in [1.54, 1.807) is 0 Å². The molecule has 1 saturated carbocycles. The molecule has 1 saturated heterocycles. The van der Waals surface area contributed by atoms with E-state index in [1.165, 1.54) is 44.2 Å². The van der Waals surface area contributed by atoms with Crippen LogP contribution in [0, 0.1) is 11.7 Å². The van der Waals surface area contributed by atoms with Crippen molar-refractivity contribution in [3.05, 3.63) is 30.1 Å². The number of halogens is 1. The molecule has 1 amide bonds. The number of nitrogens with one attached hydrogen (secondary N) is 1. The van der Waals surface area contributed by atoms with Crippen LogP contribution >= 0.6 is 0 Å². The van der Waals surface area contributed by atoms with Crippen molar-refractivity contribution in [3.8, 4) is 0 Å². The SMILES string of the molecule is CC(C(=O)NCC1CCCCC1)N1CCN(c2ccc(F)cc2)CC1. The first-order valence-corrected chi connectivity index (χ1v) is 9.66. The predicted octanol–water partition coefficient (Wildman–Crippen LogP) is 3.03. The molecule has 1 unspecified atom stereocenters. The molecule has 1 aliphatic carbocycles. The summed E-state index contributed by atoms with van der Waals surface area (Å²) in [5.41, 5.74) is 1.05. The van der Waals surface area contributed by atoms with E-state index >= 15 is 0 Å². The topological polar surface area (TPSA) is 35.6 Å². The molecule has 138 valence electrons. The number of carbonyl (C=O) groups is 1. The van der Waals surface area contributed by atoms with Gasteiger partial charge in [0.25, 0.3) is 0 Å². The Morgan fingerprint density at radius 1 is 1.12 bits per heavy atom. The highest BCUT2D eigenvalue weighted by molar-refractivity contribution is 5.81. The molecular formula is C20H30FN3O. The molecule has 1 heterocycles. The van der Waals surface area contributed by atoms with Gasteiger partial charge in [-0.1, -0.05) is 19.3 Å². The van der Waals surface area contributed by atoms with Crippen LogP contribution in [0.3, 0.4) is 0 Å². The largest absolute Gasteiger partial charge is 0.369 e. The highest BCUT2D eigenvalue weighted by Crippen LogP contribution is 2.23. The van der Waals surface area contributed by atoms with E-state index in [0.717, 1.165) is 38.4 Å². The first kappa shape index (κ1) is 18.2. The Kier molecular flexibility index (Phi) is 6.29. The monoisotopic (exact) mass is 347 g/mol. The van der Waals surface area contributed by atoms with Crippen molar-refractivity contribution in [1.29, 1.82) is 0 Å². The highest BCUT2D eigenvalue weighted by atomic mass is 19.1. The third-order valence-electron chi connectivity index (χ3n) is 5.72. The number of piperazine rings is 1. The Morgan fingerprint density at radius 3 is 2.40 bits per heavy atom. The Bertz CT molecular complexity index is 549. The molecule has 1 aliphatic heterocycles. The van der Waals surface area contributed by atoms with Crippen LogP contribution in [0.4, 0.5) is 10.1 Å². The molecule has 3 rings (SSSR count). The zero-order valence-electron chi connectivity index (χ0n) is 15.2. The summed E-state index contributed by atoms with van der Waals surface area (Å²) in [6.07, 6.45) is 6.47. The third-order valence-corrected chi connectivity index (χ3v) is 5.72. The number of amides is 1. The van der Waals surface area contributed by atoms with Crippen molar-refractivity contribution in [2.75, 3.05) is 37.6 Å². The van der Waals surface area contributed by atoms with Gasteiger partial charge in [-0.05, 0) is 49.9 Å². The van der Waals surface area contributed by atoms with Crippen molar-refractivity contribution in [2.45, 2.75) is 45.1 Å². The van der Waals surface area contributed by atoms with Gasteiger partial charge in [0, 0.05) is 38.4 Å². The Hall–Kier alpha value is -1.62. The molecule has 2 aliphatic rings. The summed E-state index contributed by atoms with van der Waals surface area (Å²) in [5.74, 6) is 0.617. The predicted molar refractivity (Wildman–Crippen MR) is 99.2 cm³/mol. The maximum atomic E-state index is 13.0. The second-order valence-electron chi connectivity index (χ2n) is 7.42. The third kappa shape index (κ3) is 4.94. The van der Waals surface area contributed by atoms with Gasteiger partial charge in [-0.2, -0.15) is 0 Å². The fourth-order valence-corrected chi connectivity index (χ4v) is 3.97. The molecular weight excluding hydrogens is 317 g/mol. The van der Waals surface area contributed by atoms with Gasteiger partial charge in [0.2, 0.25) is 5.91 Å². The molecule has 1 atom stereocenters. The summed E-state index contributed by atoms with van der Waals surface area (Å²) in [7, 11) is 0. The lowest BCUT2D eigenvalue weighted by molar-refractivity contribution is -0.126. The second kappa shape index (κ2) is 8.65. The number of hydrogen-bond acceptors (Lipinski definition) is 3. The van der Waals surface area contributed by atoms with Gasteiger partial charge in [-0.15, -0.1) is 0 Å². The van der Waals surface area contributed by atoms with Gasteiger partial charge in [-0.3, -0.25) is 9.69 Å². The van der Waals surface area contributed by atoms with Crippen molar-refractivity contribution in [2.24, 2.45) is 5.92 Å². The molecule has 25 heavy (non-hydrogen) atoms. The normalized spacial score (nSPS) is 21.1. The minimum atomic E-state index is -0.203. The van der Waals surface area contributed by atoms with Gasteiger partial charge in [0.05, 0.1) is 6.04 Å². The van der Waals surface area contributed by atoms with E-state index in [1.807, 2.05) is 19.1 Å². The average molecular weight is 347 g/mol. The van der Waals surface area contributed by atoms with Crippen LogP contribution in [0.1, 0.15) is 39.0 Å². The van der Waals surface area contributed by atoms with E-state index in [0.29, 0.717) is 5.92 Å². The van der Waals surface area contributed by atoms with E-state index < -0.39 is 0 Å². The zero-order chi connectivity index (χ0) is 17.6. The molecule has 4 nitrogen and oxygen atoms in total. The van der Waals surface area contributed by atoms with E-state index in [4.69, 9.17) is 0 Å². The van der Waals surface area contributed by atoms with Crippen molar-refractivity contribution < 1.29 is 9.18 Å². The number of carbonyl (C=O) groups excluding carboxylic acids is 1. The van der Waals surface area contributed by atoms with Crippen molar-refractivity contribution in [3.63, 3.8) is 0 Å². The summed E-state index contributed by atoms with van der Waals surface area (Å²) >= 11 is 0. The fourth-order valence-electron chi connectivity index (χ4n) is 3.97. The summed E-state index contributed by atoms with van der Waals surface area (Å²) in [5, 5.41) is 3.16. The number of benzene rings is 1. The lowest BCUT2D eigenvalue weighted by Crippen LogP contribution is -2.54. The molecule has 2 fully saturated rings. The van der Waals surface area contributed by atoms with Gasteiger partial charge < -0.3 is 10.2 Å². The smallest absolute Gasteiger partial charge is 0.237 e. The number of anilines is 1. The molecule has 0 spiro atoms. The summed E-state index contributed by atoms with van der Waals surface area (Å²) in [6, 6.07) is 6.57. The molecule has 0 bridgehead atoms. The first-order valence-electron chi connectivity index (χ1n) is 9.66. The standard InChI is InChI=1S/C20H30FN3O/c1-16(20(25)22-15-17-5-3-2-4-6-17)23-11-13-24(14-12-23)19-9-7-18(21)8-10-19/h7-10,16-17H,2-6,11-15H2,1H3,(H,22,25). The number of nitrogens with zero attached hydrogens (tertiary/aromatic N) is 2. The van der Waals surface area contributed by atoms with E-state index in [9.17, 15) is 9.18 Å². The Morgan fingerprint density at radius 2 is 1.76 bits per heavy atom. The number of rotatable bonds is 5. The molecule has 1 N–H and O–H groups in total. The summed E-state index contributed by atoms with van der Waals surface area (Å²) in [6.45, 7) is 6.28. The Balaban J connectivity index is 1.43. The number of hydrogen-bond donors (Lipinski definition) is 1. The lowest BCUT2D eigenvalue weighted by Gasteiger charge is -2.38. The fraction of sp³-hybridized carbons (Fsp3) is 0.650. The van der Waals surface area contributed by atoms with Crippen molar-refractivity contribution >= 4 is 11.6 Å². The van der Waals surface area contributed by atoms with Gasteiger partial charge in [0.15, 0.2) is 0 Å². The molecule has 0 aromatic heterocycles. The Labute approximate surface area is 150 Å². The molecule has 1 aromatic rings. The lowest BCUT2D eigenvalue weighted by atomic mass is 9.89. The van der Waals surface area contributed by atoms with E-state index in [-0.39, 0.29) is 17.8 Å². The average Bonchev–Trinajstić information content (AvgIpc) is 2.67. The van der Waals surface area contributed by atoms with Crippen LogP contribution < -0.4 is 10.2 Å². The van der Waals surface area contributed by atoms with Gasteiger partial charge in [-0.25, -0.2) is 4.39 Å². The molecule has 1 aromatic carbocycles. The van der Waals surface area contributed by atoms with Gasteiger partial charge in [0.1, 0.15) is 5.82 Å². The highest BCUT2D eigenvalue weighted by Gasteiger charge is 2.26. The van der Waals surface area contributed by atoms with E-state index in [2.05, 4.69) is 15.1 Å². The molecule has 0 radical (unpaired) electrons. The first-order chi connectivity index (χ1) is 12.1. The van der Waals surface area contributed by atoms with Crippen LogP contribution in [0.15, 0.2) is 24.3 Å². The summed E-state index contributed by atoms with van der Waals surface area (Å²) in [4.78, 5) is 17.0. The maximum Gasteiger partial charge on any atom is 0.237 e. The van der Waals surface area contributed by atoms with Gasteiger partial charge >= 0.3 is 0 Å². The zero-order valence-corrected chi connectivity index (χ0v) is 15.2. The van der Waals surface area contributed by atoms with Crippen LogP contribution in [-0.4, -0.2) is 49.6 Å². The second-order valence-corrected chi connectivity index (χ2v) is 7.42. The summed E-state index contributed by atoms with van der Waals surface area (Å²) < 4.78 is 13.0. The minimum Gasteiger partial charge on any atom is -0.369 e. The molecule has 5 heteroatoms. The van der Waals surface area contributed by atoms with Crippen molar-refractivity contribution in [1.82, 2.24) is 10.2 Å². The van der Waals surface area contributed by atoms with Crippen LogP contribution in [0.2, 0.25) is 0 Å². The quantitative estimate of drug-likeness (QED) is 0.889. The van der Waals surface area contributed by atoms with Crippen LogP contribution in [-0.2, 0) is 4.79 Å². The maximum absolute atomic E-state index is 13.0. The minimum absolute atomic E-state index is 0.0843.